The molecule has 23 heavy (non-hydrogen) atoms. The van der Waals surface area contributed by atoms with Crippen LogP contribution in [-0.2, 0) is 10.5 Å². The quantitative estimate of drug-likeness (QED) is 0.756. The van der Waals surface area contributed by atoms with Crippen molar-refractivity contribution in [3.8, 4) is 0 Å². The van der Waals surface area contributed by atoms with Crippen LogP contribution in [0.5, 0.6) is 0 Å². The smallest absolute Gasteiger partial charge is 0.258 e. The molecular weight excluding hydrogens is 334 g/mol. The molecule has 3 aromatic heterocycles. The van der Waals surface area contributed by atoms with Crippen molar-refractivity contribution in [3.63, 3.8) is 0 Å². The summed E-state index contributed by atoms with van der Waals surface area (Å²) in [5.41, 5.74) is 1.13. The van der Waals surface area contributed by atoms with Crippen LogP contribution in [0, 0.1) is 6.92 Å². The average molecular weight is 347 g/mol. The number of thioether (sulfide) groups is 1. The van der Waals surface area contributed by atoms with Crippen LogP contribution < -0.4 is 10.9 Å². The number of aryl methyl sites for hydroxylation is 1. The SMILES string of the molecule is Cc1nnc(NC(=O)CSCc2cc(=O)n3ccccc3n2)s1. The molecule has 0 aromatic carbocycles. The van der Waals surface area contributed by atoms with E-state index in [1.807, 2.05) is 13.0 Å². The first-order valence-electron chi connectivity index (χ1n) is 6.77. The van der Waals surface area contributed by atoms with Gasteiger partial charge in [0.2, 0.25) is 11.0 Å². The molecule has 118 valence electrons. The summed E-state index contributed by atoms with van der Waals surface area (Å²) in [6, 6.07) is 6.88. The summed E-state index contributed by atoms with van der Waals surface area (Å²) in [5.74, 6) is 0.598. The van der Waals surface area contributed by atoms with Gasteiger partial charge in [0.15, 0.2) is 0 Å². The van der Waals surface area contributed by atoms with Crippen molar-refractivity contribution in [1.82, 2.24) is 19.6 Å². The van der Waals surface area contributed by atoms with E-state index in [2.05, 4.69) is 20.5 Å². The van der Waals surface area contributed by atoms with Crippen molar-refractivity contribution in [2.24, 2.45) is 0 Å². The van der Waals surface area contributed by atoms with Gasteiger partial charge in [0.1, 0.15) is 10.7 Å². The minimum Gasteiger partial charge on any atom is -0.300 e. The molecule has 7 nitrogen and oxygen atoms in total. The summed E-state index contributed by atoms with van der Waals surface area (Å²) in [6.07, 6.45) is 1.68. The third-order valence-corrected chi connectivity index (χ3v) is 4.60. The average Bonchev–Trinajstić information content (AvgIpc) is 2.92. The predicted molar refractivity (Wildman–Crippen MR) is 90.9 cm³/mol. The van der Waals surface area contributed by atoms with Crippen molar-refractivity contribution in [1.29, 1.82) is 0 Å². The molecule has 0 spiro atoms. The van der Waals surface area contributed by atoms with Crippen molar-refractivity contribution in [3.05, 3.63) is 51.5 Å². The molecular formula is C14H13N5O2S2. The van der Waals surface area contributed by atoms with Gasteiger partial charge in [0.25, 0.3) is 5.56 Å². The number of rotatable bonds is 5. The Bertz CT molecular complexity index is 905. The maximum Gasteiger partial charge on any atom is 0.258 e. The van der Waals surface area contributed by atoms with Crippen molar-refractivity contribution in [2.75, 3.05) is 11.1 Å². The number of carbonyl (C=O) groups is 1. The Morgan fingerprint density at radius 3 is 3.04 bits per heavy atom. The Morgan fingerprint density at radius 1 is 1.39 bits per heavy atom. The Morgan fingerprint density at radius 2 is 2.26 bits per heavy atom. The summed E-state index contributed by atoms with van der Waals surface area (Å²) >= 11 is 2.72. The van der Waals surface area contributed by atoms with Crippen molar-refractivity contribution in [2.45, 2.75) is 12.7 Å². The molecule has 0 unspecified atom stereocenters. The highest BCUT2D eigenvalue weighted by Gasteiger charge is 2.08. The molecule has 0 aliphatic heterocycles. The first kappa shape index (κ1) is 15.6. The maximum absolute atomic E-state index is 12.0. The van der Waals surface area contributed by atoms with E-state index in [1.165, 1.54) is 33.6 Å². The number of pyridine rings is 1. The summed E-state index contributed by atoms with van der Waals surface area (Å²) in [4.78, 5) is 28.2. The van der Waals surface area contributed by atoms with E-state index in [4.69, 9.17) is 0 Å². The second-order valence-corrected chi connectivity index (χ2v) is 6.85. The first-order valence-corrected chi connectivity index (χ1v) is 8.74. The fourth-order valence-electron chi connectivity index (χ4n) is 1.93. The third kappa shape index (κ3) is 3.93. The Labute approximate surface area is 139 Å². The van der Waals surface area contributed by atoms with Gasteiger partial charge in [-0.25, -0.2) is 4.98 Å². The van der Waals surface area contributed by atoms with Gasteiger partial charge in [0.05, 0.1) is 11.4 Å². The van der Waals surface area contributed by atoms with Crippen molar-refractivity contribution >= 4 is 39.8 Å². The molecule has 0 aliphatic rings. The minimum absolute atomic E-state index is 0.125. The highest BCUT2D eigenvalue weighted by molar-refractivity contribution is 7.99. The number of carbonyl (C=O) groups excluding carboxylic acids is 1. The molecule has 0 aliphatic carbocycles. The predicted octanol–water partition coefficient (Wildman–Crippen LogP) is 1.73. The lowest BCUT2D eigenvalue weighted by atomic mass is 10.4. The van der Waals surface area contributed by atoms with E-state index >= 15 is 0 Å². The molecule has 0 saturated heterocycles. The van der Waals surface area contributed by atoms with Crippen LogP contribution in [0.15, 0.2) is 35.3 Å². The first-order chi connectivity index (χ1) is 11.1. The lowest BCUT2D eigenvalue weighted by molar-refractivity contribution is -0.113. The van der Waals surface area contributed by atoms with Gasteiger partial charge >= 0.3 is 0 Å². The fraction of sp³-hybridized carbons (Fsp3) is 0.214. The van der Waals surface area contributed by atoms with Crippen molar-refractivity contribution < 1.29 is 4.79 Å². The van der Waals surface area contributed by atoms with Crippen LogP contribution in [0.2, 0.25) is 0 Å². The molecule has 1 N–H and O–H groups in total. The van der Waals surface area contributed by atoms with Gasteiger partial charge < -0.3 is 0 Å². The zero-order valence-corrected chi connectivity index (χ0v) is 13.9. The monoisotopic (exact) mass is 347 g/mol. The summed E-state index contributed by atoms with van der Waals surface area (Å²) in [7, 11) is 0. The lowest BCUT2D eigenvalue weighted by Gasteiger charge is -2.04. The molecule has 0 fully saturated rings. The summed E-state index contributed by atoms with van der Waals surface area (Å²) < 4.78 is 1.48. The highest BCUT2D eigenvalue weighted by Crippen LogP contribution is 2.15. The number of anilines is 1. The van der Waals surface area contributed by atoms with Crippen LogP contribution in [-0.4, -0.2) is 31.2 Å². The van der Waals surface area contributed by atoms with E-state index in [1.54, 1.807) is 18.3 Å². The number of aromatic nitrogens is 4. The number of nitrogens with zero attached hydrogens (tertiary/aromatic N) is 4. The van der Waals surface area contributed by atoms with Gasteiger partial charge in [-0.15, -0.1) is 22.0 Å². The molecule has 0 atom stereocenters. The Kier molecular flexibility index (Phi) is 4.68. The van der Waals surface area contributed by atoms with Gasteiger partial charge in [-0.05, 0) is 19.1 Å². The van der Waals surface area contributed by atoms with E-state index in [0.29, 0.717) is 22.2 Å². The Balaban J connectivity index is 1.58. The zero-order valence-electron chi connectivity index (χ0n) is 12.2. The number of fused-ring (bicyclic) bond motifs is 1. The second kappa shape index (κ2) is 6.88. The highest BCUT2D eigenvalue weighted by atomic mass is 32.2. The van der Waals surface area contributed by atoms with E-state index in [-0.39, 0.29) is 17.2 Å². The van der Waals surface area contributed by atoms with Crippen LogP contribution in [0.25, 0.3) is 5.65 Å². The summed E-state index contributed by atoms with van der Waals surface area (Å²) in [6.45, 7) is 1.83. The molecule has 3 aromatic rings. The molecule has 1 amide bonds. The van der Waals surface area contributed by atoms with E-state index < -0.39 is 0 Å². The summed E-state index contributed by atoms with van der Waals surface area (Å²) in [5, 5.41) is 11.7. The molecule has 0 saturated carbocycles. The second-order valence-electron chi connectivity index (χ2n) is 4.68. The minimum atomic E-state index is -0.149. The molecule has 3 heterocycles. The van der Waals surface area contributed by atoms with Crippen LogP contribution in [0.3, 0.4) is 0 Å². The topological polar surface area (TPSA) is 89.2 Å². The van der Waals surface area contributed by atoms with Crippen LogP contribution in [0.4, 0.5) is 5.13 Å². The standard InChI is InChI=1S/C14H13N5O2S2/c1-9-17-18-14(23-9)16-12(20)8-22-7-10-6-13(21)19-5-3-2-4-11(19)15-10/h2-6H,7-8H2,1H3,(H,16,18,20). The van der Waals surface area contributed by atoms with Gasteiger partial charge in [0, 0.05) is 18.0 Å². The number of amides is 1. The van der Waals surface area contributed by atoms with E-state index in [0.717, 1.165) is 5.01 Å². The van der Waals surface area contributed by atoms with Gasteiger partial charge in [-0.1, -0.05) is 17.4 Å². The van der Waals surface area contributed by atoms with E-state index in [9.17, 15) is 9.59 Å². The zero-order chi connectivity index (χ0) is 16.2. The normalized spacial score (nSPS) is 10.8. The number of nitrogens with one attached hydrogen (secondary N) is 1. The number of hydrogen-bond donors (Lipinski definition) is 1. The molecule has 9 heteroatoms. The fourth-order valence-corrected chi connectivity index (χ4v) is 3.25. The number of hydrogen-bond acceptors (Lipinski definition) is 7. The van der Waals surface area contributed by atoms with Crippen LogP contribution >= 0.6 is 23.1 Å². The van der Waals surface area contributed by atoms with Gasteiger partial charge in [-0.2, -0.15) is 0 Å². The van der Waals surface area contributed by atoms with Gasteiger partial charge in [-0.3, -0.25) is 19.3 Å². The Hall–Kier alpha value is -2.26. The maximum atomic E-state index is 12.0. The molecule has 0 bridgehead atoms. The third-order valence-electron chi connectivity index (χ3n) is 2.88. The lowest BCUT2D eigenvalue weighted by Crippen LogP contribution is -2.16. The largest absolute Gasteiger partial charge is 0.300 e. The molecule has 3 rings (SSSR count). The molecule has 0 radical (unpaired) electrons. The van der Waals surface area contributed by atoms with Crippen LogP contribution in [0.1, 0.15) is 10.7 Å².